The minimum atomic E-state index is -0.307. The lowest BCUT2D eigenvalue weighted by Gasteiger charge is -2.23. The Balaban J connectivity index is 1.58. The lowest BCUT2D eigenvalue weighted by Crippen LogP contribution is -2.38. The van der Waals surface area contributed by atoms with Crippen molar-refractivity contribution in [1.29, 1.82) is 0 Å². The maximum absolute atomic E-state index is 12.9. The summed E-state index contributed by atoms with van der Waals surface area (Å²) >= 11 is 0. The Labute approximate surface area is 157 Å². The Hall–Kier alpha value is -3.34. The van der Waals surface area contributed by atoms with Crippen molar-refractivity contribution in [3.63, 3.8) is 0 Å². The van der Waals surface area contributed by atoms with Gasteiger partial charge in [-0.15, -0.1) is 0 Å². The van der Waals surface area contributed by atoms with Crippen molar-refractivity contribution >= 4 is 34.0 Å². The van der Waals surface area contributed by atoms with Crippen molar-refractivity contribution in [1.82, 2.24) is 0 Å². The second-order valence-electron chi connectivity index (χ2n) is 6.68. The van der Waals surface area contributed by atoms with Crippen molar-refractivity contribution in [2.45, 2.75) is 6.92 Å². The van der Waals surface area contributed by atoms with Crippen LogP contribution in [-0.2, 0) is 9.59 Å². The highest BCUT2D eigenvalue weighted by atomic mass is 16.5. The number of amides is 2. The number of rotatable bonds is 3. The van der Waals surface area contributed by atoms with Gasteiger partial charge >= 0.3 is 0 Å². The van der Waals surface area contributed by atoms with Crippen LogP contribution in [0.5, 0.6) is 5.75 Å². The molecule has 3 aromatic rings. The van der Waals surface area contributed by atoms with E-state index in [0.717, 1.165) is 10.8 Å². The van der Waals surface area contributed by atoms with E-state index in [0.29, 0.717) is 23.7 Å². The molecule has 136 valence electrons. The summed E-state index contributed by atoms with van der Waals surface area (Å²) in [6.07, 6.45) is 0. The predicted octanol–water partition coefficient (Wildman–Crippen LogP) is 3.84. The maximum Gasteiger partial charge on any atom is 0.264 e. The summed E-state index contributed by atoms with van der Waals surface area (Å²) < 4.78 is 5.86. The summed E-state index contributed by atoms with van der Waals surface area (Å²) in [6, 6.07) is 21.0. The van der Waals surface area contributed by atoms with Gasteiger partial charge in [-0.1, -0.05) is 55.5 Å². The Morgan fingerprint density at radius 2 is 1.81 bits per heavy atom. The number of fused-ring (bicyclic) bond motifs is 2. The van der Waals surface area contributed by atoms with Crippen LogP contribution in [0.25, 0.3) is 10.8 Å². The number of nitrogens with one attached hydrogen (secondary N) is 1. The lowest BCUT2D eigenvalue weighted by atomic mass is 10.1. The molecule has 3 aromatic carbocycles. The van der Waals surface area contributed by atoms with Gasteiger partial charge in [0.2, 0.25) is 5.91 Å². The standard InChI is InChI=1S/C22H20N2O3/c1-15-13-24(19-11-5-4-10-18(19)23-22(15)26)21(25)14-27-20-12-6-8-16-7-2-3-9-17(16)20/h2-12,15H,13-14H2,1H3,(H,23,26)/t15-/m1/s1. The van der Waals surface area contributed by atoms with Crippen LogP contribution in [0.15, 0.2) is 66.7 Å². The van der Waals surface area contributed by atoms with E-state index in [1.54, 1.807) is 11.0 Å². The maximum atomic E-state index is 12.9. The van der Waals surface area contributed by atoms with Gasteiger partial charge in [-0.2, -0.15) is 0 Å². The quantitative estimate of drug-likeness (QED) is 0.772. The second-order valence-corrected chi connectivity index (χ2v) is 6.68. The highest BCUT2D eigenvalue weighted by Gasteiger charge is 2.28. The molecule has 0 bridgehead atoms. The molecular formula is C22H20N2O3. The predicted molar refractivity (Wildman–Crippen MR) is 106 cm³/mol. The molecule has 4 rings (SSSR count). The molecule has 1 heterocycles. The third-order valence-electron chi connectivity index (χ3n) is 4.76. The van der Waals surface area contributed by atoms with Crippen molar-refractivity contribution in [3.8, 4) is 5.75 Å². The summed E-state index contributed by atoms with van der Waals surface area (Å²) in [5, 5.41) is 4.91. The van der Waals surface area contributed by atoms with Gasteiger partial charge in [-0.25, -0.2) is 0 Å². The molecule has 27 heavy (non-hydrogen) atoms. The monoisotopic (exact) mass is 360 g/mol. The first-order valence-electron chi connectivity index (χ1n) is 8.94. The highest BCUT2D eigenvalue weighted by molar-refractivity contribution is 6.05. The zero-order chi connectivity index (χ0) is 18.8. The summed E-state index contributed by atoms with van der Waals surface area (Å²) in [7, 11) is 0. The average molecular weight is 360 g/mol. The fourth-order valence-corrected chi connectivity index (χ4v) is 3.30. The first-order chi connectivity index (χ1) is 13.1. The summed E-state index contributed by atoms with van der Waals surface area (Å²) in [5.74, 6) is 0.0946. The highest BCUT2D eigenvalue weighted by Crippen LogP contribution is 2.30. The Morgan fingerprint density at radius 3 is 2.70 bits per heavy atom. The first-order valence-corrected chi connectivity index (χ1v) is 8.94. The van der Waals surface area contributed by atoms with Crippen LogP contribution >= 0.6 is 0 Å². The second kappa shape index (κ2) is 7.11. The molecule has 0 saturated carbocycles. The van der Waals surface area contributed by atoms with E-state index in [1.165, 1.54) is 0 Å². The third-order valence-corrected chi connectivity index (χ3v) is 4.76. The summed E-state index contributed by atoms with van der Waals surface area (Å²) in [6.45, 7) is 2.04. The van der Waals surface area contributed by atoms with E-state index >= 15 is 0 Å². The number of carbonyl (C=O) groups excluding carboxylic acids is 2. The van der Waals surface area contributed by atoms with Gasteiger partial charge in [0.1, 0.15) is 5.75 Å². The molecule has 1 atom stereocenters. The molecule has 0 aliphatic carbocycles. The number of ether oxygens (including phenoxy) is 1. The van der Waals surface area contributed by atoms with E-state index in [4.69, 9.17) is 4.74 Å². The molecule has 2 amide bonds. The first kappa shape index (κ1) is 17.1. The van der Waals surface area contributed by atoms with Gasteiger partial charge in [-0.3, -0.25) is 9.59 Å². The molecule has 5 heteroatoms. The minimum Gasteiger partial charge on any atom is -0.483 e. The molecule has 0 fully saturated rings. The number of hydrogen-bond donors (Lipinski definition) is 1. The smallest absolute Gasteiger partial charge is 0.264 e. The zero-order valence-electron chi connectivity index (χ0n) is 15.0. The molecule has 1 aliphatic heterocycles. The van der Waals surface area contributed by atoms with Gasteiger partial charge in [0.05, 0.1) is 17.3 Å². The minimum absolute atomic E-state index is 0.0901. The molecule has 0 aromatic heterocycles. The normalized spacial score (nSPS) is 16.4. The fraction of sp³-hybridized carbons (Fsp3) is 0.182. The van der Waals surface area contributed by atoms with Crippen LogP contribution in [0.4, 0.5) is 11.4 Å². The summed E-state index contributed by atoms with van der Waals surface area (Å²) in [4.78, 5) is 26.8. The molecule has 0 unspecified atom stereocenters. The Kier molecular flexibility index (Phi) is 4.50. The molecule has 0 radical (unpaired) electrons. The molecule has 1 N–H and O–H groups in total. The van der Waals surface area contributed by atoms with Gasteiger partial charge < -0.3 is 15.0 Å². The van der Waals surface area contributed by atoms with E-state index in [9.17, 15) is 9.59 Å². The number of para-hydroxylation sites is 2. The average Bonchev–Trinajstić information content (AvgIpc) is 2.82. The van der Waals surface area contributed by atoms with E-state index in [1.807, 2.05) is 67.6 Å². The molecule has 0 saturated heterocycles. The van der Waals surface area contributed by atoms with Crippen LogP contribution in [0.1, 0.15) is 6.92 Å². The van der Waals surface area contributed by atoms with Crippen LogP contribution in [0.2, 0.25) is 0 Å². The number of nitrogens with zero attached hydrogens (tertiary/aromatic N) is 1. The lowest BCUT2D eigenvalue weighted by molar-refractivity contribution is -0.121. The van der Waals surface area contributed by atoms with Crippen LogP contribution < -0.4 is 15.0 Å². The fourth-order valence-electron chi connectivity index (χ4n) is 3.30. The van der Waals surface area contributed by atoms with E-state index in [-0.39, 0.29) is 24.3 Å². The topological polar surface area (TPSA) is 58.6 Å². The van der Waals surface area contributed by atoms with Gasteiger partial charge in [-0.05, 0) is 23.6 Å². The molecule has 0 spiro atoms. The number of carbonyl (C=O) groups is 2. The molecule has 1 aliphatic rings. The number of anilines is 2. The number of hydrogen-bond acceptors (Lipinski definition) is 3. The van der Waals surface area contributed by atoms with Crippen molar-refractivity contribution in [3.05, 3.63) is 66.7 Å². The van der Waals surface area contributed by atoms with Crippen LogP contribution in [0.3, 0.4) is 0 Å². The summed E-state index contributed by atoms with van der Waals surface area (Å²) in [5.41, 5.74) is 1.34. The zero-order valence-corrected chi connectivity index (χ0v) is 15.0. The van der Waals surface area contributed by atoms with Gasteiger partial charge in [0.15, 0.2) is 6.61 Å². The van der Waals surface area contributed by atoms with E-state index in [2.05, 4.69) is 5.32 Å². The molecular weight excluding hydrogens is 340 g/mol. The van der Waals surface area contributed by atoms with Crippen LogP contribution in [-0.4, -0.2) is 25.0 Å². The SMILES string of the molecule is C[C@@H]1CN(C(=O)COc2cccc3ccccc23)c2ccccc2NC1=O. The van der Waals surface area contributed by atoms with Crippen molar-refractivity contribution < 1.29 is 14.3 Å². The largest absolute Gasteiger partial charge is 0.483 e. The third kappa shape index (κ3) is 3.36. The molecule has 5 nitrogen and oxygen atoms in total. The van der Waals surface area contributed by atoms with E-state index < -0.39 is 0 Å². The number of benzene rings is 3. The van der Waals surface area contributed by atoms with Crippen LogP contribution in [0, 0.1) is 5.92 Å². The van der Waals surface area contributed by atoms with Crippen molar-refractivity contribution in [2.24, 2.45) is 5.92 Å². The Bertz CT molecular complexity index is 1010. The Morgan fingerprint density at radius 1 is 1.07 bits per heavy atom. The van der Waals surface area contributed by atoms with Crippen molar-refractivity contribution in [2.75, 3.05) is 23.4 Å². The van der Waals surface area contributed by atoms with Gasteiger partial charge in [0.25, 0.3) is 5.91 Å². The van der Waals surface area contributed by atoms with Gasteiger partial charge in [0, 0.05) is 11.9 Å².